The third-order valence-electron chi connectivity index (χ3n) is 3.87. The molecule has 1 amide bonds. The molecule has 0 atom stereocenters. The summed E-state index contributed by atoms with van der Waals surface area (Å²) in [6.07, 6.45) is 0.942. The molecule has 1 aromatic heterocycles. The minimum atomic E-state index is -0.0898. The Kier molecular flexibility index (Phi) is 5.86. The van der Waals surface area contributed by atoms with Gasteiger partial charge in [0, 0.05) is 29.9 Å². The summed E-state index contributed by atoms with van der Waals surface area (Å²) < 4.78 is 10.5. The van der Waals surface area contributed by atoms with Crippen molar-refractivity contribution in [3.05, 3.63) is 58.9 Å². The first-order valence-electron chi connectivity index (χ1n) is 8.21. The molecular weight excluding hydrogens is 348 g/mol. The van der Waals surface area contributed by atoms with Gasteiger partial charge in [0.1, 0.15) is 11.5 Å². The molecule has 0 fully saturated rings. The smallest absolute Gasteiger partial charge is 0.224 e. The topological polar surface area (TPSA) is 60.5 Å². The predicted molar refractivity (Wildman–Crippen MR) is 104 cm³/mol. The Hall–Kier alpha value is -2.86. The minimum Gasteiger partial charge on any atom is -0.497 e. The van der Waals surface area contributed by atoms with E-state index in [4.69, 9.17) is 9.47 Å². The molecule has 1 N–H and O–H groups in total. The van der Waals surface area contributed by atoms with Crippen LogP contribution in [-0.2, 0) is 11.2 Å². The number of carbonyl (C=O) groups is 1. The fourth-order valence-corrected chi connectivity index (χ4v) is 3.32. The number of benzene rings is 2. The summed E-state index contributed by atoms with van der Waals surface area (Å²) in [4.78, 5) is 16.9. The Balaban J connectivity index is 1.61. The molecule has 26 heavy (non-hydrogen) atoms. The second-order valence-corrected chi connectivity index (χ2v) is 6.55. The number of carbonyl (C=O) groups excluding carboxylic acids is 1. The van der Waals surface area contributed by atoms with Gasteiger partial charge in [-0.3, -0.25) is 4.79 Å². The molecule has 0 saturated carbocycles. The largest absolute Gasteiger partial charge is 0.497 e. The Morgan fingerprint density at radius 2 is 1.92 bits per heavy atom. The second-order valence-electron chi connectivity index (χ2n) is 5.61. The number of hydrogen-bond donors (Lipinski definition) is 1. The number of ether oxygens (including phenoxy) is 2. The van der Waals surface area contributed by atoms with E-state index in [0.717, 1.165) is 16.3 Å². The number of nitrogens with one attached hydrogen (secondary N) is 1. The molecule has 0 aliphatic rings. The van der Waals surface area contributed by atoms with Crippen molar-refractivity contribution in [3.8, 4) is 22.8 Å². The van der Waals surface area contributed by atoms with Gasteiger partial charge in [0.05, 0.1) is 30.6 Å². The van der Waals surface area contributed by atoms with Crippen LogP contribution in [0.25, 0.3) is 11.3 Å². The van der Waals surface area contributed by atoms with Gasteiger partial charge in [0.25, 0.3) is 0 Å². The highest BCUT2D eigenvalue weighted by Crippen LogP contribution is 2.29. The highest BCUT2D eigenvalue weighted by atomic mass is 32.1. The third-order valence-corrected chi connectivity index (χ3v) is 4.78. The van der Waals surface area contributed by atoms with E-state index in [1.54, 1.807) is 43.8 Å². The van der Waals surface area contributed by atoms with Crippen LogP contribution in [-0.4, -0.2) is 25.1 Å². The van der Waals surface area contributed by atoms with Crippen LogP contribution in [0, 0.1) is 0 Å². The first-order chi connectivity index (χ1) is 12.7. The average molecular weight is 368 g/mol. The number of thiazole rings is 1. The molecule has 134 valence electrons. The van der Waals surface area contributed by atoms with E-state index in [1.165, 1.54) is 0 Å². The third kappa shape index (κ3) is 4.40. The van der Waals surface area contributed by atoms with E-state index in [0.29, 0.717) is 30.0 Å². The SMILES string of the molecule is COc1ccc(OC)c(NC(=O)CCc2nc(-c3ccccc3)cs2)c1. The molecule has 0 spiro atoms. The monoisotopic (exact) mass is 368 g/mol. The lowest BCUT2D eigenvalue weighted by molar-refractivity contribution is -0.116. The van der Waals surface area contributed by atoms with E-state index in [-0.39, 0.29) is 5.91 Å². The van der Waals surface area contributed by atoms with Crippen molar-refractivity contribution < 1.29 is 14.3 Å². The van der Waals surface area contributed by atoms with Gasteiger partial charge in [-0.05, 0) is 12.1 Å². The van der Waals surface area contributed by atoms with Crippen LogP contribution in [0.15, 0.2) is 53.9 Å². The maximum atomic E-state index is 12.3. The van der Waals surface area contributed by atoms with E-state index in [2.05, 4.69) is 10.3 Å². The lowest BCUT2D eigenvalue weighted by Crippen LogP contribution is -2.13. The van der Waals surface area contributed by atoms with Crippen molar-refractivity contribution in [1.82, 2.24) is 4.98 Å². The van der Waals surface area contributed by atoms with Gasteiger partial charge in [-0.25, -0.2) is 4.98 Å². The summed E-state index contributed by atoms with van der Waals surface area (Å²) in [7, 11) is 3.15. The number of aromatic nitrogens is 1. The quantitative estimate of drug-likeness (QED) is 0.671. The van der Waals surface area contributed by atoms with E-state index < -0.39 is 0 Å². The minimum absolute atomic E-state index is 0.0898. The van der Waals surface area contributed by atoms with Crippen molar-refractivity contribution in [2.45, 2.75) is 12.8 Å². The normalized spacial score (nSPS) is 10.4. The van der Waals surface area contributed by atoms with Gasteiger partial charge in [-0.1, -0.05) is 30.3 Å². The molecule has 0 saturated heterocycles. The summed E-state index contributed by atoms with van der Waals surface area (Å²) in [6, 6.07) is 15.3. The zero-order chi connectivity index (χ0) is 18.4. The van der Waals surface area contributed by atoms with Gasteiger partial charge in [0.15, 0.2) is 0 Å². The highest BCUT2D eigenvalue weighted by molar-refractivity contribution is 7.09. The van der Waals surface area contributed by atoms with Crippen LogP contribution in [0.2, 0.25) is 0 Å². The first-order valence-corrected chi connectivity index (χ1v) is 9.09. The molecule has 1 heterocycles. The molecule has 6 heteroatoms. The zero-order valence-electron chi connectivity index (χ0n) is 14.7. The number of anilines is 1. The summed E-state index contributed by atoms with van der Waals surface area (Å²) >= 11 is 1.57. The van der Waals surface area contributed by atoms with Gasteiger partial charge >= 0.3 is 0 Å². The highest BCUT2D eigenvalue weighted by Gasteiger charge is 2.11. The fraction of sp³-hybridized carbons (Fsp3) is 0.200. The van der Waals surface area contributed by atoms with Crippen LogP contribution < -0.4 is 14.8 Å². The van der Waals surface area contributed by atoms with E-state index >= 15 is 0 Å². The number of methoxy groups -OCH3 is 2. The molecule has 0 bridgehead atoms. The van der Waals surface area contributed by atoms with Crippen LogP contribution in [0.1, 0.15) is 11.4 Å². The maximum Gasteiger partial charge on any atom is 0.224 e. The number of amides is 1. The van der Waals surface area contributed by atoms with Crippen molar-refractivity contribution in [3.63, 3.8) is 0 Å². The standard InChI is InChI=1S/C20H20N2O3S/c1-24-15-8-9-18(25-2)16(12-15)21-19(23)10-11-20-22-17(13-26-20)14-6-4-3-5-7-14/h3-9,12-13H,10-11H2,1-2H3,(H,21,23). The summed E-state index contributed by atoms with van der Waals surface area (Å²) in [5, 5.41) is 5.84. The van der Waals surface area contributed by atoms with Gasteiger partial charge < -0.3 is 14.8 Å². The molecule has 5 nitrogen and oxygen atoms in total. The van der Waals surface area contributed by atoms with Crippen molar-refractivity contribution in [1.29, 1.82) is 0 Å². The molecular formula is C20H20N2O3S. The number of nitrogens with zero attached hydrogens (tertiary/aromatic N) is 1. The molecule has 3 aromatic rings. The van der Waals surface area contributed by atoms with Crippen molar-refractivity contribution >= 4 is 22.9 Å². The van der Waals surface area contributed by atoms with Crippen LogP contribution in [0.4, 0.5) is 5.69 Å². The van der Waals surface area contributed by atoms with Crippen LogP contribution in [0.5, 0.6) is 11.5 Å². The second kappa shape index (κ2) is 8.49. The zero-order valence-corrected chi connectivity index (χ0v) is 15.5. The fourth-order valence-electron chi connectivity index (χ4n) is 2.51. The van der Waals surface area contributed by atoms with Crippen LogP contribution >= 0.6 is 11.3 Å². The number of hydrogen-bond acceptors (Lipinski definition) is 5. The Morgan fingerprint density at radius 3 is 2.65 bits per heavy atom. The maximum absolute atomic E-state index is 12.3. The van der Waals surface area contributed by atoms with Crippen molar-refractivity contribution in [2.24, 2.45) is 0 Å². The summed E-state index contributed by atoms with van der Waals surface area (Å²) in [5.74, 6) is 1.17. The molecule has 0 aliphatic carbocycles. The van der Waals surface area contributed by atoms with Gasteiger partial charge in [-0.15, -0.1) is 11.3 Å². The van der Waals surface area contributed by atoms with Crippen molar-refractivity contribution in [2.75, 3.05) is 19.5 Å². The van der Waals surface area contributed by atoms with Gasteiger partial charge in [0.2, 0.25) is 5.91 Å². The van der Waals surface area contributed by atoms with E-state index in [9.17, 15) is 4.79 Å². The summed E-state index contributed by atoms with van der Waals surface area (Å²) in [5.41, 5.74) is 2.63. The average Bonchev–Trinajstić information content (AvgIpc) is 3.16. The first kappa shape index (κ1) is 17.9. The van der Waals surface area contributed by atoms with E-state index in [1.807, 2.05) is 35.7 Å². The number of rotatable bonds is 7. The molecule has 0 radical (unpaired) electrons. The summed E-state index contributed by atoms with van der Waals surface area (Å²) in [6.45, 7) is 0. The lowest BCUT2D eigenvalue weighted by atomic mass is 10.2. The lowest BCUT2D eigenvalue weighted by Gasteiger charge is -2.11. The van der Waals surface area contributed by atoms with Gasteiger partial charge in [-0.2, -0.15) is 0 Å². The number of aryl methyl sites for hydroxylation is 1. The molecule has 0 aliphatic heterocycles. The molecule has 3 rings (SSSR count). The van der Waals surface area contributed by atoms with Crippen LogP contribution in [0.3, 0.4) is 0 Å². The Labute approximate surface area is 156 Å². The Bertz CT molecular complexity index is 878. The Morgan fingerprint density at radius 1 is 1.12 bits per heavy atom. The molecule has 2 aromatic carbocycles. The predicted octanol–water partition coefficient (Wildman–Crippen LogP) is 4.40. The molecule has 0 unspecified atom stereocenters.